The van der Waals surface area contributed by atoms with Crippen LogP contribution in [0.5, 0.6) is 0 Å². The van der Waals surface area contributed by atoms with E-state index in [-0.39, 0.29) is 16.8 Å². The summed E-state index contributed by atoms with van der Waals surface area (Å²) in [7, 11) is 0. The average Bonchev–Trinajstić information content (AvgIpc) is 2.75. The predicted molar refractivity (Wildman–Crippen MR) is 94.0 cm³/mol. The van der Waals surface area contributed by atoms with E-state index in [4.69, 9.17) is 11.6 Å². The van der Waals surface area contributed by atoms with Crippen molar-refractivity contribution in [3.8, 4) is 0 Å². The fourth-order valence-electron chi connectivity index (χ4n) is 2.77. The van der Waals surface area contributed by atoms with E-state index in [1.54, 1.807) is 0 Å². The Morgan fingerprint density at radius 1 is 0.913 bits per heavy atom. The number of nitrogens with zero attached hydrogens (tertiary/aromatic N) is 1. The molecule has 2 amide bonds. The second-order valence-corrected chi connectivity index (χ2v) is 6.46. The second kappa shape index (κ2) is 8.30. The molecular weight excluding hydrogens is 310 g/mol. The molecule has 0 fully saturated rings. The Labute approximate surface area is 143 Å². The fraction of sp³-hybridized carbons (Fsp3) is 0.474. The van der Waals surface area contributed by atoms with Gasteiger partial charge < -0.3 is 0 Å². The van der Waals surface area contributed by atoms with E-state index in [0.29, 0.717) is 17.7 Å². The molecule has 0 unspecified atom stereocenters. The maximum Gasteiger partial charge on any atom is 0.273 e. The van der Waals surface area contributed by atoms with Crippen molar-refractivity contribution in [3.63, 3.8) is 0 Å². The van der Waals surface area contributed by atoms with Gasteiger partial charge in [0.15, 0.2) is 0 Å². The van der Waals surface area contributed by atoms with Crippen LogP contribution < -0.4 is 0 Å². The van der Waals surface area contributed by atoms with E-state index in [0.717, 1.165) is 24.8 Å². The van der Waals surface area contributed by atoms with Crippen molar-refractivity contribution >= 4 is 29.0 Å². The van der Waals surface area contributed by atoms with Gasteiger partial charge in [0.25, 0.3) is 11.8 Å². The highest BCUT2D eigenvalue weighted by Crippen LogP contribution is 2.32. The van der Waals surface area contributed by atoms with Crippen molar-refractivity contribution < 1.29 is 9.59 Å². The Balaban J connectivity index is 1.97. The van der Waals surface area contributed by atoms with Crippen molar-refractivity contribution in [1.29, 1.82) is 0 Å². The van der Waals surface area contributed by atoms with E-state index in [2.05, 4.69) is 6.92 Å². The van der Waals surface area contributed by atoms with Gasteiger partial charge in [0.05, 0.1) is 5.57 Å². The van der Waals surface area contributed by atoms with Crippen molar-refractivity contribution in [2.24, 2.45) is 0 Å². The molecule has 124 valence electrons. The van der Waals surface area contributed by atoms with Crippen LogP contribution in [0.15, 0.2) is 29.3 Å². The Hall–Kier alpha value is -1.61. The summed E-state index contributed by atoms with van der Waals surface area (Å²) in [6.45, 7) is 4.61. The average molecular weight is 334 g/mol. The van der Waals surface area contributed by atoms with Gasteiger partial charge in [-0.3, -0.25) is 14.5 Å². The number of hydrogen-bond donors (Lipinski definition) is 0. The predicted octanol–water partition coefficient (Wildman–Crippen LogP) is 4.67. The molecule has 0 aliphatic carbocycles. The molecule has 0 saturated carbocycles. The van der Waals surface area contributed by atoms with E-state index >= 15 is 0 Å². The molecule has 1 aliphatic heterocycles. The molecule has 1 aliphatic rings. The number of carbonyl (C=O) groups excluding carboxylic acids is 2. The third-order valence-electron chi connectivity index (χ3n) is 4.19. The van der Waals surface area contributed by atoms with Crippen LogP contribution in [0.3, 0.4) is 0 Å². The molecule has 4 heteroatoms. The summed E-state index contributed by atoms with van der Waals surface area (Å²) in [6, 6.07) is 7.51. The van der Waals surface area contributed by atoms with Crippen LogP contribution in [0.25, 0.3) is 5.57 Å². The van der Waals surface area contributed by atoms with Crippen LogP contribution >= 0.6 is 11.6 Å². The summed E-state index contributed by atoms with van der Waals surface area (Å²) in [5.74, 6) is -0.627. The van der Waals surface area contributed by atoms with Gasteiger partial charge in [0.1, 0.15) is 5.03 Å². The molecule has 23 heavy (non-hydrogen) atoms. The summed E-state index contributed by atoms with van der Waals surface area (Å²) >= 11 is 6.14. The number of imide groups is 1. The zero-order chi connectivity index (χ0) is 16.8. The van der Waals surface area contributed by atoms with Crippen LogP contribution in [-0.4, -0.2) is 23.3 Å². The lowest BCUT2D eigenvalue weighted by molar-refractivity contribution is -0.136. The first-order chi connectivity index (χ1) is 11.1. The Kier molecular flexibility index (Phi) is 6.40. The topological polar surface area (TPSA) is 37.4 Å². The minimum absolute atomic E-state index is 0.0461. The zero-order valence-corrected chi connectivity index (χ0v) is 14.7. The molecule has 0 N–H and O–H groups in total. The van der Waals surface area contributed by atoms with Gasteiger partial charge in [-0.2, -0.15) is 0 Å². The van der Waals surface area contributed by atoms with Gasteiger partial charge in [-0.1, -0.05) is 80.5 Å². The Bertz CT molecular complexity index is 604. The van der Waals surface area contributed by atoms with Gasteiger partial charge >= 0.3 is 0 Å². The summed E-state index contributed by atoms with van der Waals surface area (Å²) < 4.78 is 0. The van der Waals surface area contributed by atoms with Crippen LogP contribution in [0.4, 0.5) is 0 Å². The van der Waals surface area contributed by atoms with Crippen LogP contribution in [0.2, 0.25) is 0 Å². The molecule has 0 bridgehead atoms. The molecule has 3 nitrogen and oxygen atoms in total. The van der Waals surface area contributed by atoms with Crippen molar-refractivity contribution in [2.75, 3.05) is 6.54 Å². The van der Waals surface area contributed by atoms with E-state index in [1.165, 1.54) is 24.2 Å². The lowest BCUT2D eigenvalue weighted by Crippen LogP contribution is -2.32. The Morgan fingerprint density at radius 2 is 1.52 bits per heavy atom. The van der Waals surface area contributed by atoms with Crippen LogP contribution in [0.1, 0.15) is 56.6 Å². The third kappa shape index (κ3) is 4.23. The minimum atomic E-state index is -0.360. The molecule has 2 rings (SSSR count). The molecule has 0 radical (unpaired) electrons. The van der Waals surface area contributed by atoms with Gasteiger partial charge in [-0.25, -0.2) is 0 Å². The van der Waals surface area contributed by atoms with Crippen molar-refractivity contribution in [3.05, 3.63) is 40.4 Å². The number of aryl methyl sites for hydroxylation is 1. The van der Waals surface area contributed by atoms with Gasteiger partial charge in [0, 0.05) is 6.54 Å². The largest absolute Gasteiger partial charge is 0.274 e. The normalized spacial score (nSPS) is 15.0. The molecule has 0 aromatic heterocycles. The molecule has 1 aromatic carbocycles. The zero-order valence-electron chi connectivity index (χ0n) is 13.9. The Morgan fingerprint density at radius 3 is 2.17 bits per heavy atom. The summed E-state index contributed by atoms with van der Waals surface area (Å²) in [5, 5.41) is 0.0461. The number of benzene rings is 1. The number of halogens is 1. The highest BCUT2D eigenvalue weighted by atomic mass is 35.5. The van der Waals surface area contributed by atoms with E-state index in [1.807, 2.05) is 31.2 Å². The molecule has 1 aromatic rings. The lowest BCUT2D eigenvalue weighted by atomic mass is 10.0. The van der Waals surface area contributed by atoms with E-state index < -0.39 is 0 Å². The molecule has 0 spiro atoms. The number of rotatable bonds is 8. The van der Waals surface area contributed by atoms with Crippen molar-refractivity contribution in [1.82, 2.24) is 4.90 Å². The number of amides is 2. The molecule has 1 heterocycles. The fourth-order valence-corrected chi connectivity index (χ4v) is 3.06. The third-order valence-corrected chi connectivity index (χ3v) is 4.54. The van der Waals surface area contributed by atoms with Crippen LogP contribution in [0, 0.1) is 6.92 Å². The smallest absolute Gasteiger partial charge is 0.273 e. The van der Waals surface area contributed by atoms with Gasteiger partial charge in [-0.15, -0.1) is 0 Å². The van der Waals surface area contributed by atoms with E-state index in [9.17, 15) is 9.59 Å². The summed E-state index contributed by atoms with van der Waals surface area (Å²) in [6.07, 6.45) is 6.69. The SMILES string of the molecule is CCCCCCCCN1C(=O)C(Cl)=C(c2ccc(C)cc2)C1=O. The maximum absolute atomic E-state index is 12.5. The number of unbranched alkanes of at least 4 members (excludes halogenated alkanes) is 5. The first-order valence-corrected chi connectivity index (χ1v) is 8.77. The quantitative estimate of drug-likeness (QED) is 0.512. The van der Waals surface area contributed by atoms with Crippen molar-refractivity contribution in [2.45, 2.75) is 52.4 Å². The standard InChI is InChI=1S/C19H24ClNO2/c1-3-4-5-6-7-8-13-21-18(22)16(17(20)19(21)23)15-11-9-14(2)10-12-15/h9-12H,3-8,13H2,1-2H3. The first kappa shape index (κ1) is 17.7. The second-order valence-electron chi connectivity index (χ2n) is 6.08. The highest BCUT2D eigenvalue weighted by Gasteiger charge is 2.37. The first-order valence-electron chi connectivity index (χ1n) is 8.39. The monoisotopic (exact) mass is 333 g/mol. The summed E-state index contributed by atoms with van der Waals surface area (Å²) in [5.41, 5.74) is 2.15. The summed E-state index contributed by atoms with van der Waals surface area (Å²) in [4.78, 5) is 26.1. The van der Waals surface area contributed by atoms with Gasteiger partial charge in [0.2, 0.25) is 0 Å². The number of carbonyl (C=O) groups is 2. The minimum Gasteiger partial charge on any atom is -0.274 e. The number of hydrogen-bond acceptors (Lipinski definition) is 2. The van der Waals surface area contributed by atoms with Crippen LogP contribution in [-0.2, 0) is 9.59 Å². The lowest BCUT2D eigenvalue weighted by Gasteiger charge is -2.14. The maximum atomic E-state index is 12.5. The highest BCUT2D eigenvalue weighted by molar-refractivity contribution is 6.55. The molecule has 0 saturated heterocycles. The molecule has 0 atom stereocenters. The molecular formula is C19H24ClNO2. The van der Waals surface area contributed by atoms with Gasteiger partial charge in [-0.05, 0) is 18.9 Å².